The number of nitrogens with zero attached hydrogens (tertiary/aromatic N) is 1. The Hall–Kier alpha value is -0.120. The summed E-state index contributed by atoms with van der Waals surface area (Å²) in [5, 5.41) is 0. The minimum Gasteiger partial charge on any atom is -0.380 e. The predicted octanol–water partition coefficient (Wildman–Crippen LogP) is 0.300. The molecule has 0 saturated heterocycles. The molecule has 0 aliphatic carbocycles. The number of hydrogen-bond donors (Lipinski definition) is 1. The molecule has 68 valence electrons. The van der Waals surface area contributed by atoms with Crippen LogP contribution in [0.4, 0.5) is 0 Å². The first-order valence-electron chi connectivity index (χ1n) is 4.03. The summed E-state index contributed by atoms with van der Waals surface area (Å²) in [5.41, 5.74) is 5.63. The van der Waals surface area contributed by atoms with Gasteiger partial charge in [-0.1, -0.05) is 0 Å². The summed E-state index contributed by atoms with van der Waals surface area (Å²) in [7, 11) is 3.78. The van der Waals surface area contributed by atoms with Crippen LogP contribution < -0.4 is 5.73 Å². The lowest BCUT2D eigenvalue weighted by atomic mass is 10.3. The van der Waals surface area contributed by atoms with Crippen molar-refractivity contribution in [2.24, 2.45) is 5.73 Å². The van der Waals surface area contributed by atoms with Gasteiger partial charge in [0, 0.05) is 26.2 Å². The van der Waals surface area contributed by atoms with Gasteiger partial charge in [0.15, 0.2) is 0 Å². The van der Waals surface area contributed by atoms with Crippen molar-refractivity contribution in [1.82, 2.24) is 4.90 Å². The third-order valence-corrected chi connectivity index (χ3v) is 1.57. The van der Waals surface area contributed by atoms with Crippen molar-refractivity contribution in [3.63, 3.8) is 0 Å². The SMILES string of the molecule is COC(C)CN(C)CC(C)N. The fourth-order valence-electron chi connectivity index (χ4n) is 1.08. The van der Waals surface area contributed by atoms with E-state index in [0.717, 1.165) is 13.1 Å². The maximum Gasteiger partial charge on any atom is 0.0670 e. The molecular weight excluding hydrogens is 140 g/mol. The Morgan fingerprint density at radius 1 is 1.36 bits per heavy atom. The summed E-state index contributed by atoms with van der Waals surface area (Å²) >= 11 is 0. The molecule has 11 heavy (non-hydrogen) atoms. The fourth-order valence-corrected chi connectivity index (χ4v) is 1.08. The van der Waals surface area contributed by atoms with Crippen LogP contribution in [-0.4, -0.2) is 44.3 Å². The Labute approximate surface area is 69.5 Å². The average Bonchev–Trinajstić information content (AvgIpc) is 1.85. The highest BCUT2D eigenvalue weighted by Gasteiger charge is 2.05. The van der Waals surface area contributed by atoms with E-state index in [2.05, 4.69) is 18.9 Å². The molecule has 0 aromatic carbocycles. The third kappa shape index (κ3) is 6.28. The van der Waals surface area contributed by atoms with E-state index >= 15 is 0 Å². The van der Waals surface area contributed by atoms with Gasteiger partial charge in [-0.2, -0.15) is 0 Å². The first kappa shape index (κ1) is 10.9. The van der Waals surface area contributed by atoms with Crippen molar-refractivity contribution in [2.75, 3.05) is 27.2 Å². The first-order chi connectivity index (χ1) is 5.06. The van der Waals surface area contributed by atoms with E-state index in [-0.39, 0.29) is 6.04 Å². The van der Waals surface area contributed by atoms with Gasteiger partial charge < -0.3 is 15.4 Å². The van der Waals surface area contributed by atoms with Crippen molar-refractivity contribution < 1.29 is 4.74 Å². The quantitative estimate of drug-likeness (QED) is 0.628. The summed E-state index contributed by atoms with van der Waals surface area (Å²) in [5.74, 6) is 0. The zero-order chi connectivity index (χ0) is 8.85. The molecule has 0 radical (unpaired) electrons. The van der Waals surface area contributed by atoms with Crippen LogP contribution in [0, 0.1) is 0 Å². The number of likely N-dealkylation sites (N-methyl/N-ethyl adjacent to an activating group) is 1. The van der Waals surface area contributed by atoms with Crippen LogP contribution in [0.2, 0.25) is 0 Å². The van der Waals surface area contributed by atoms with Crippen LogP contribution >= 0.6 is 0 Å². The summed E-state index contributed by atoms with van der Waals surface area (Å²) < 4.78 is 5.12. The zero-order valence-electron chi connectivity index (χ0n) is 8.00. The molecule has 2 unspecified atom stereocenters. The van der Waals surface area contributed by atoms with Gasteiger partial charge >= 0.3 is 0 Å². The maximum absolute atomic E-state index is 5.63. The Morgan fingerprint density at radius 2 is 1.91 bits per heavy atom. The first-order valence-corrected chi connectivity index (χ1v) is 4.03. The standard InChI is InChI=1S/C8H20N2O/c1-7(9)5-10(3)6-8(2)11-4/h7-8H,5-6,9H2,1-4H3. The minimum atomic E-state index is 0.240. The van der Waals surface area contributed by atoms with Crippen LogP contribution in [-0.2, 0) is 4.74 Å². The summed E-state index contributed by atoms with van der Waals surface area (Å²) in [6.07, 6.45) is 0.291. The summed E-state index contributed by atoms with van der Waals surface area (Å²) in [6, 6.07) is 0.240. The predicted molar refractivity (Wildman–Crippen MR) is 47.6 cm³/mol. The zero-order valence-corrected chi connectivity index (χ0v) is 8.00. The van der Waals surface area contributed by atoms with Crippen molar-refractivity contribution in [3.8, 4) is 0 Å². The molecule has 0 saturated carbocycles. The van der Waals surface area contributed by atoms with E-state index in [0.29, 0.717) is 6.10 Å². The Kier molecular flexibility index (Phi) is 5.46. The molecule has 3 heteroatoms. The van der Waals surface area contributed by atoms with Crippen molar-refractivity contribution >= 4 is 0 Å². The monoisotopic (exact) mass is 160 g/mol. The molecular formula is C8H20N2O. The van der Waals surface area contributed by atoms with Gasteiger partial charge in [-0.25, -0.2) is 0 Å². The molecule has 0 amide bonds. The second-order valence-electron chi connectivity index (χ2n) is 3.24. The van der Waals surface area contributed by atoms with E-state index in [1.54, 1.807) is 7.11 Å². The number of hydrogen-bond acceptors (Lipinski definition) is 3. The van der Waals surface area contributed by atoms with Crippen molar-refractivity contribution in [3.05, 3.63) is 0 Å². The van der Waals surface area contributed by atoms with Gasteiger partial charge in [0.1, 0.15) is 0 Å². The van der Waals surface area contributed by atoms with Crippen LogP contribution in [0.15, 0.2) is 0 Å². The lowest BCUT2D eigenvalue weighted by molar-refractivity contribution is 0.0845. The molecule has 0 aliphatic rings. The number of nitrogens with two attached hydrogens (primary N) is 1. The largest absolute Gasteiger partial charge is 0.380 e. The lowest BCUT2D eigenvalue weighted by Crippen LogP contribution is -2.37. The summed E-state index contributed by atoms with van der Waals surface area (Å²) in [4.78, 5) is 2.18. The normalized spacial score (nSPS) is 16.9. The van der Waals surface area contributed by atoms with Gasteiger partial charge in [-0.05, 0) is 20.9 Å². The van der Waals surface area contributed by atoms with E-state index in [9.17, 15) is 0 Å². The van der Waals surface area contributed by atoms with E-state index in [1.165, 1.54) is 0 Å². The maximum atomic E-state index is 5.63. The Morgan fingerprint density at radius 3 is 2.27 bits per heavy atom. The highest BCUT2D eigenvalue weighted by atomic mass is 16.5. The topological polar surface area (TPSA) is 38.5 Å². The van der Waals surface area contributed by atoms with Crippen LogP contribution in [0.1, 0.15) is 13.8 Å². The van der Waals surface area contributed by atoms with Crippen LogP contribution in [0.25, 0.3) is 0 Å². The molecule has 0 aromatic heterocycles. The molecule has 2 N–H and O–H groups in total. The molecule has 0 bridgehead atoms. The van der Waals surface area contributed by atoms with Gasteiger partial charge in [0.2, 0.25) is 0 Å². The molecule has 0 fully saturated rings. The summed E-state index contributed by atoms with van der Waals surface area (Å²) in [6.45, 7) is 5.93. The number of methoxy groups -OCH3 is 1. The second-order valence-corrected chi connectivity index (χ2v) is 3.24. The molecule has 0 spiro atoms. The smallest absolute Gasteiger partial charge is 0.0670 e. The Balaban J connectivity index is 3.43. The Bertz CT molecular complexity index is 96.1. The van der Waals surface area contributed by atoms with Crippen LogP contribution in [0.3, 0.4) is 0 Å². The van der Waals surface area contributed by atoms with E-state index in [1.807, 2.05) is 6.92 Å². The average molecular weight is 160 g/mol. The molecule has 0 rings (SSSR count). The molecule has 2 atom stereocenters. The van der Waals surface area contributed by atoms with Gasteiger partial charge in [0.05, 0.1) is 6.10 Å². The van der Waals surface area contributed by atoms with Gasteiger partial charge in [-0.15, -0.1) is 0 Å². The van der Waals surface area contributed by atoms with Crippen molar-refractivity contribution in [1.29, 1.82) is 0 Å². The van der Waals surface area contributed by atoms with E-state index in [4.69, 9.17) is 10.5 Å². The van der Waals surface area contributed by atoms with E-state index < -0.39 is 0 Å². The molecule has 0 aliphatic heterocycles. The van der Waals surface area contributed by atoms with Crippen molar-refractivity contribution in [2.45, 2.75) is 26.0 Å². The molecule has 0 heterocycles. The lowest BCUT2D eigenvalue weighted by Gasteiger charge is -2.21. The number of ether oxygens (including phenoxy) is 1. The minimum absolute atomic E-state index is 0.240. The van der Waals surface area contributed by atoms with Gasteiger partial charge in [0.25, 0.3) is 0 Å². The third-order valence-electron chi connectivity index (χ3n) is 1.57. The molecule has 0 aromatic rings. The highest BCUT2D eigenvalue weighted by molar-refractivity contribution is 4.62. The van der Waals surface area contributed by atoms with Gasteiger partial charge in [-0.3, -0.25) is 0 Å². The number of rotatable bonds is 5. The molecule has 3 nitrogen and oxygen atoms in total. The highest BCUT2D eigenvalue weighted by Crippen LogP contribution is 1.92. The second kappa shape index (κ2) is 5.52. The van der Waals surface area contributed by atoms with Crippen LogP contribution in [0.5, 0.6) is 0 Å². The fraction of sp³-hybridized carbons (Fsp3) is 1.00.